The Bertz CT molecular complexity index is 1430. The van der Waals surface area contributed by atoms with Gasteiger partial charge in [-0.1, -0.05) is 26.8 Å². The molecule has 2 aliphatic rings. The van der Waals surface area contributed by atoms with Gasteiger partial charge < -0.3 is 20.1 Å². The van der Waals surface area contributed by atoms with Crippen LogP contribution in [0.5, 0.6) is 5.75 Å². The lowest BCUT2D eigenvalue weighted by Crippen LogP contribution is -2.46. The highest BCUT2D eigenvalue weighted by Gasteiger charge is 2.53. The third kappa shape index (κ3) is 4.81. The number of aryl methyl sites for hydroxylation is 2. The summed E-state index contributed by atoms with van der Waals surface area (Å²) in [5.41, 5.74) is 1.58. The number of carbonyl (C=O) groups excluding carboxylic acids is 1. The van der Waals surface area contributed by atoms with Crippen molar-refractivity contribution < 1.29 is 28.2 Å². The summed E-state index contributed by atoms with van der Waals surface area (Å²) in [6.45, 7) is 9.38. The number of rotatable bonds is 5. The fourth-order valence-electron chi connectivity index (χ4n) is 6.34. The topological polar surface area (TPSA) is 96.2 Å². The Morgan fingerprint density at radius 3 is 2.51 bits per heavy atom. The Morgan fingerprint density at radius 1 is 1.18 bits per heavy atom. The fourth-order valence-corrected chi connectivity index (χ4v) is 6.34. The highest BCUT2D eigenvalue weighted by Crippen LogP contribution is 2.46. The maximum atomic E-state index is 14.1. The summed E-state index contributed by atoms with van der Waals surface area (Å²) >= 11 is 0. The monoisotopic (exact) mass is 540 g/mol. The van der Waals surface area contributed by atoms with E-state index in [0.29, 0.717) is 42.0 Å². The molecule has 0 radical (unpaired) electrons. The van der Waals surface area contributed by atoms with Crippen LogP contribution in [0.25, 0.3) is 5.65 Å². The Balaban J connectivity index is 1.40. The van der Waals surface area contributed by atoms with Gasteiger partial charge in [0.05, 0.1) is 11.3 Å². The van der Waals surface area contributed by atoms with Crippen LogP contribution in [0, 0.1) is 36.8 Å². The molecule has 2 aromatic heterocycles. The molecule has 4 unspecified atom stereocenters. The fraction of sp³-hybridized carbons (Fsp3) is 0.483. The molecule has 1 aliphatic heterocycles. The summed E-state index contributed by atoms with van der Waals surface area (Å²) < 4.78 is 35.7. The summed E-state index contributed by atoms with van der Waals surface area (Å²) in [6, 6.07) is 4.95. The third-order valence-corrected chi connectivity index (χ3v) is 8.16. The second kappa shape index (κ2) is 9.81. The van der Waals surface area contributed by atoms with E-state index in [2.05, 4.69) is 10.3 Å². The molecular formula is C29H34F2N4O4. The first-order chi connectivity index (χ1) is 18.4. The van der Waals surface area contributed by atoms with E-state index in [0.717, 1.165) is 5.56 Å². The molecule has 8 nitrogen and oxygen atoms in total. The van der Waals surface area contributed by atoms with Crippen molar-refractivity contribution in [1.82, 2.24) is 19.6 Å². The van der Waals surface area contributed by atoms with E-state index < -0.39 is 17.7 Å². The number of amides is 2. The lowest BCUT2D eigenvalue weighted by atomic mass is 9.83. The SMILES string of the molecule is Cc1cc(OCc2c(F)cccc2F)c2nc(C)c(C(=O)NC3CCC4C3CC(C(C)(C)C)N4C(=O)O)n2c1. The zero-order valence-corrected chi connectivity index (χ0v) is 22.8. The minimum Gasteiger partial charge on any atom is -0.485 e. The highest BCUT2D eigenvalue weighted by atomic mass is 19.1. The number of likely N-dealkylation sites (tertiary alicyclic amines) is 1. The van der Waals surface area contributed by atoms with E-state index in [9.17, 15) is 23.5 Å². The third-order valence-electron chi connectivity index (χ3n) is 8.16. The van der Waals surface area contributed by atoms with Crippen molar-refractivity contribution in [3.05, 3.63) is 64.6 Å². The number of imidazole rings is 1. The molecule has 2 amide bonds. The molecular weight excluding hydrogens is 506 g/mol. The van der Waals surface area contributed by atoms with Crippen molar-refractivity contribution in [3.63, 3.8) is 0 Å². The first-order valence-corrected chi connectivity index (χ1v) is 13.2. The standard InChI is InChI=1S/C29H34F2N4O4/c1-15-11-23(39-14-18-19(30)7-6-8-20(18)31)26-32-16(2)25(34(26)13-15)27(36)33-21-9-10-22-17(21)12-24(29(3,4)5)35(22)28(37)38/h6-8,11,13,17,21-22,24H,9-10,12,14H2,1-5H3,(H,33,36)(H,37,38). The van der Waals surface area contributed by atoms with Crippen LogP contribution in [-0.4, -0.2) is 49.5 Å². The number of nitrogens with one attached hydrogen (secondary N) is 1. The molecule has 2 N–H and O–H groups in total. The maximum Gasteiger partial charge on any atom is 0.407 e. The minimum atomic E-state index is -0.912. The van der Waals surface area contributed by atoms with Crippen LogP contribution in [0.15, 0.2) is 30.5 Å². The van der Waals surface area contributed by atoms with E-state index in [1.165, 1.54) is 18.2 Å². The Kier molecular flexibility index (Phi) is 6.76. The van der Waals surface area contributed by atoms with Gasteiger partial charge in [0, 0.05) is 30.2 Å². The van der Waals surface area contributed by atoms with Crippen LogP contribution in [0.4, 0.5) is 13.6 Å². The predicted molar refractivity (Wildman–Crippen MR) is 141 cm³/mol. The molecule has 5 rings (SSSR count). The van der Waals surface area contributed by atoms with Crippen molar-refractivity contribution in [2.45, 2.75) is 78.6 Å². The first-order valence-electron chi connectivity index (χ1n) is 13.2. The number of ether oxygens (including phenoxy) is 1. The molecule has 10 heteroatoms. The number of carboxylic acid groups (broad SMARTS) is 1. The van der Waals surface area contributed by atoms with E-state index in [-0.39, 0.29) is 47.5 Å². The number of halogens is 2. The summed E-state index contributed by atoms with van der Waals surface area (Å²) in [4.78, 5) is 31.9. The van der Waals surface area contributed by atoms with Gasteiger partial charge in [0.2, 0.25) is 0 Å². The van der Waals surface area contributed by atoms with Crippen molar-refractivity contribution in [1.29, 1.82) is 0 Å². The van der Waals surface area contributed by atoms with Gasteiger partial charge >= 0.3 is 6.09 Å². The summed E-state index contributed by atoms with van der Waals surface area (Å²) in [5.74, 6) is -1.36. The number of carbonyl (C=O) groups is 2. The molecule has 208 valence electrons. The molecule has 0 spiro atoms. The van der Waals surface area contributed by atoms with Crippen LogP contribution in [0.3, 0.4) is 0 Å². The van der Waals surface area contributed by atoms with E-state index in [4.69, 9.17) is 4.74 Å². The van der Waals surface area contributed by atoms with Gasteiger partial charge in [0.1, 0.15) is 23.9 Å². The number of fused-ring (bicyclic) bond motifs is 2. The van der Waals surface area contributed by atoms with E-state index in [1.807, 2.05) is 27.7 Å². The van der Waals surface area contributed by atoms with Crippen molar-refractivity contribution in [2.75, 3.05) is 0 Å². The number of hydrogen-bond acceptors (Lipinski definition) is 4. The number of aromatic nitrogens is 2. The van der Waals surface area contributed by atoms with Gasteiger partial charge in [-0.15, -0.1) is 0 Å². The van der Waals surface area contributed by atoms with Crippen molar-refractivity contribution in [2.24, 2.45) is 11.3 Å². The summed E-state index contributed by atoms with van der Waals surface area (Å²) in [5, 5.41) is 13.1. The Morgan fingerprint density at radius 2 is 1.87 bits per heavy atom. The van der Waals surface area contributed by atoms with Crippen molar-refractivity contribution >= 4 is 17.6 Å². The number of benzene rings is 1. The number of hydrogen-bond donors (Lipinski definition) is 2. The quantitative estimate of drug-likeness (QED) is 0.447. The zero-order valence-electron chi connectivity index (χ0n) is 22.8. The van der Waals surface area contributed by atoms with Gasteiger partial charge in [0.15, 0.2) is 11.4 Å². The normalized spacial score (nSPS) is 22.8. The second-order valence-corrected chi connectivity index (χ2v) is 11.8. The molecule has 39 heavy (non-hydrogen) atoms. The van der Waals surface area contributed by atoms with E-state index >= 15 is 0 Å². The summed E-state index contributed by atoms with van der Waals surface area (Å²) in [6.07, 6.45) is 2.95. The molecule has 4 atom stereocenters. The first kappa shape index (κ1) is 26.9. The Hall–Kier alpha value is -3.69. The average molecular weight is 541 g/mol. The van der Waals surface area contributed by atoms with Gasteiger partial charge in [-0.3, -0.25) is 9.20 Å². The molecule has 2 fully saturated rings. The number of nitrogens with zero attached hydrogens (tertiary/aromatic N) is 3. The lowest BCUT2D eigenvalue weighted by Gasteiger charge is -2.35. The molecule has 1 saturated heterocycles. The van der Waals surface area contributed by atoms with Gasteiger partial charge in [-0.2, -0.15) is 0 Å². The molecule has 0 bridgehead atoms. The lowest BCUT2D eigenvalue weighted by molar-refractivity contribution is 0.0858. The minimum absolute atomic E-state index is 0.0325. The summed E-state index contributed by atoms with van der Waals surface area (Å²) in [7, 11) is 0. The molecule has 3 aromatic rings. The highest BCUT2D eigenvalue weighted by molar-refractivity contribution is 5.95. The molecule has 1 aromatic carbocycles. The van der Waals surface area contributed by atoms with Gasteiger partial charge in [0.25, 0.3) is 5.91 Å². The average Bonchev–Trinajstić information content (AvgIpc) is 3.50. The number of pyridine rings is 1. The van der Waals surface area contributed by atoms with Crippen LogP contribution in [-0.2, 0) is 6.61 Å². The molecule has 1 aliphatic carbocycles. The smallest absolute Gasteiger partial charge is 0.407 e. The predicted octanol–water partition coefficient (Wildman–Crippen LogP) is 5.48. The largest absolute Gasteiger partial charge is 0.485 e. The van der Waals surface area contributed by atoms with Crippen LogP contribution in [0.1, 0.15) is 67.3 Å². The van der Waals surface area contributed by atoms with Crippen LogP contribution >= 0.6 is 0 Å². The van der Waals surface area contributed by atoms with Crippen LogP contribution < -0.4 is 10.1 Å². The second-order valence-electron chi connectivity index (χ2n) is 11.8. The Labute approximate surface area is 226 Å². The molecule has 3 heterocycles. The van der Waals surface area contributed by atoms with E-state index in [1.54, 1.807) is 28.5 Å². The van der Waals surface area contributed by atoms with Crippen LogP contribution in [0.2, 0.25) is 0 Å². The van der Waals surface area contributed by atoms with Crippen molar-refractivity contribution in [3.8, 4) is 5.75 Å². The maximum absolute atomic E-state index is 14.1. The van der Waals surface area contributed by atoms with Gasteiger partial charge in [-0.25, -0.2) is 18.6 Å². The zero-order chi connectivity index (χ0) is 28.2. The molecule has 1 saturated carbocycles. The van der Waals surface area contributed by atoms with Gasteiger partial charge in [-0.05, 0) is 62.3 Å².